The normalized spacial score (nSPS) is 22.0. The lowest BCUT2D eigenvalue weighted by Crippen LogP contribution is -1.93. The smallest absolute Gasteiger partial charge is 0.0123 e. The van der Waals surface area contributed by atoms with Gasteiger partial charge in [0.2, 0.25) is 0 Å². The molecular weight excluding hydrogens is 144 g/mol. The molecule has 0 heteroatoms. The van der Waals surface area contributed by atoms with Crippen molar-refractivity contribution in [1.29, 1.82) is 0 Å². The van der Waals surface area contributed by atoms with Gasteiger partial charge in [-0.05, 0) is 36.8 Å². The Labute approximate surface area is 74.0 Å². The van der Waals surface area contributed by atoms with Crippen LogP contribution in [0.25, 0.3) is 0 Å². The van der Waals surface area contributed by atoms with E-state index in [2.05, 4.69) is 42.9 Å². The van der Waals surface area contributed by atoms with Gasteiger partial charge in [-0.2, -0.15) is 0 Å². The first kappa shape index (κ1) is 7.60. The first-order valence-corrected chi connectivity index (χ1v) is 4.53. The summed E-state index contributed by atoms with van der Waals surface area (Å²) in [4.78, 5) is 0. The van der Waals surface area contributed by atoms with Gasteiger partial charge in [-0.3, -0.25) is 0 Å². The summed E-state index contributed by atoms with van der Waals surface area (Å²) < 4.78 is 0. The lowest BCUT2D eigenvalue weighted by atomic mass is 9.93. The fraction of sp³-hybridized carbons (Fsp3) is 0.250. The number of hydrogen-bond donors (Lipinski definition) is 0. The highest BCUT2D eigenvalue weighted by Crippen LogP contribution is 2.23. The van der Waals surface area contributed by atoms with Gasteiger partial charge in [0.1, 0.15) is 0 Å². The van der Waals surface area contributed by atoms with Crippen LogP contribution in [0.1, 0.15) is 19.3 Å². The van der Waals surface area contributed by atoms with E-state index in [0.717, 1.165) is 6.42 Å². The van der Waals surface area contributed by atoms with Crippen LogP contribution in [-0.2, 0) is 0 Å². The van der Waals surface area contributed by atoms with Gasteiger partial charge in [-0.1, -0.05) is 36.5 Å². The van der Waals surface area contributed by atoms with Crippen molar-refractivity contribution in [3.8, 4) is 0 Å². The number of hydrogen-bond acceptors (Lipinski definition) is 0. The molecular formula is C12H13. The van der Waals surface area contributed by atoms with Gasteiger partial charge in [0.25, 0.3) is 0 Å². The predicted octanol–water partition coefficient (Wildman–Crippen LogP) is 3.35. The monoisotopic (exact) mass is 157 g/mol. The van der Waals surface area contributed by atoms with Crippen molar-refractivity contribution < 1.29 is 0 Å². The summed E-state index contributed by atoms with van der Waals surface area (Å²) in [6.07, 6.45) is 19.0. The minimum atomic E-state index is 1.09. The van der Waals surface area contributed by atoms with Gasteiger partial charge in [0.05, 0.1) is 0 Å². The molecule has 0 aromatic heterocycles. The molecule has 0 fully saturated rings. The number of allylic oxidation sites excluding steroid dienone is 8. The van der Waals surface area contributed by atoms with Crippen LogP contribution >= 0.6 is 0 Å². The second kappa shape index (κ2) is 3.57. The summed E-state index contributed by atoms with van der Waals surface area (Å²) >= 11 is 0. The molecule has 0 atom stereocenters. The minimum absolute atomic E-state index is 1.09. The molecule has 0 aliphatic heterocycles. The standard InChI is InChI=1S/C12H13/c1-3-7-11(8-4-1)12-9-5-2-6-10-12/h1,3-5,7,9-10H,2,6,8H2. The maximum absolute atomic E-state index is 2.33. The van der Waals surface area contributed by atoms with Gasteiger partial charge < -0.3 is 0 Å². The van der Waals surface area contributed by atoms with E-state index in [0.29, 0.717) is 0 Å². The third-order valence-corrected chi connectivity index (χ3v) is 2.25. The molecule has 12 heavy (non-hydrogen) atoms. The van der Waals surface area contributed by atoms with Gasteiger partial charge in [-0.15, -0.1) is 0 Å². The quantitative estimate of drug-likeness (QED) is 0.547. The van der Waals surface area contributed by atoms with Gasteiger partial charge in [-0.25, -0.2) is 0 Å². The second-order valence-electron chi connectivity index (χ2n) is 3.16. The zero-order chi connectivity index (χ0) is 8.23. The van der Waals surface area contributed by atoms with E-state index in [9.17, 15) is 0 Å². The Hall–Kier alpha value is -1.04. The summed E-state index contributed by atoms with van der Waals surface area (Å²) in [5.74, 6) is 0. The summed E-state index contributed by atoms with van der Waals surface area (Å²) in [7, 11) is 0. The van der Waals surface area contributed by atoms with Crippen LogP contribution in [0.2, 0.25) is 0 Å². The number of rotatable bonds is 1. The Morgan fingerprint density at radius 1 is 1.08 bits per heavy atom. The Balaban J connectivity index is 2.17. The summed E-state index contributed by atoms with van der Waals surface area (Å²) in [6, 6.07) is 0. The van der Waals surface area contributed by atoms with Gasteiger partial charge in [0, 0.05) is 0 Å². The van der Waals surface area contributed by atoms with Crippen LogP contribution in [0.3, 0.4) is 0 Å². The molecule has 0 heterocycles. The molecule has 2 aliphatic rings. The van der Waals surface area contributed by atoms with E-state index in [1.807, 2.05) is 0 Å². The van der Waals surface area contributed by atoms with Crippen LogP contribution < -0.4 is 0 Å². The van der Waals surface area contributed by atoms with Crippen LogP contribution in [-0.4, -0.2) is 0 Å². The van der Waals surface area contributed by atoms with E-state index in [1.165, 1.54) is 24.0 Å². The molecule has 0 unspecified atom stereocenters. The molecule has 2 aliphatic carbocycles. The highest BCUT2D eigenvalue weighted by Gasteiger charge is 2.04. The summed E-state index contributed by atoms with van der Waals surface area (Å²) in [6.45, 7) is 0. The van der Waals surface area contributed by atoms with Crippen molar-refractivity contribution in [3.05, 3.63) is 54.0 Å². The van der Waals surface area contributed by atoms with Crippen LogP contribution in [0.15, 0.2) is 47.6 Å². The maximum atomic E-state index is 2.33. The Morgan fingerprint density at radius 3 is 2.75 bits per heavy atom. The highest BCUT2D eigenvalue weighted by atomic mass is 14.1. The maximum Gasteiger partial charge on any atom is -0.0123 e. The van der Waals surface area contributed by atoms with E-state index < -0.39 is 0 Å². The molecule has 0 saturated carbocycles. The fourth-order valence-electron chi connectivity index (χ4n) is 1.58. The molecule has 0 aromatic carbocycles. The highest BCUT2D eigenvalue weighted by molar-refractivity contribution is 5.45. The van der Waals surface area contributed by atoms with Gasteiger partial charge in [0.15, 0.2) is 0 Å². The molecule has 0 amide bonds. The molecule has 2 rings (SSSR count). The molecule has 0 nitrogen and oxygen atoms in total. The molecule has 0 spiro atoms. The molecule has 0 N–H and O–H groups in total. The van der Waals surface area contributed by atoms with Crippen molar-refractivity contribution in [2.45, 2.75) is 19.3 Å². The third kappa shape index (κ3) is 1.58. The van der Waals surface area contributed by atoms with Crippen molar-refractivity contribution >= 4 is 0 Å². The van der Waals surface area contributed by atoms with Crippen LogP contribution in [0, 0.1) is 6.42 Å². The van der Waals surface area contributed by atoms with Crippen molar-refractivity contribution in [3.63, 3.8) is 0 Å². The van der Waals surface area contributed by atoms with Crippen molar-refractivity contribution in [2.24, 2.45) is 0 Å². The average Bonchev–Trinajstić information content (AvgIpc) is 2.21. The zero-order valence-electron chi connectivity index (χ0n) is 7.16. The van der Waals surface area contributed by atoms with E-state index >= 15 is 0 Å². The molecule has 1 radical (unpaired) electrons. The van der Waals surface area contributed by atoms with E-state index in [4.69, 9.17) is 0 Å². The summed E-state index contributed by atoms with van der Waals surface area (Å²) in [5.41, 5.74) is 2.87. The van der Waals surface area contributed by atoms with Crippen LogP contribution in [0.5, 0.6) is 0 Å². The van der Waals surface area contributed by atoms with Gasteiger partial charge >= 0.3 is 0 Å². The lowest BCUT2D eigenvalue weighted by Gasteiger charge is -2.12. The van der Waals surface area contributed by atoms with E-state index in [1.54, 1.807) is 0 Å². The first-order chi connectivity index (χ1) is 5.97. The Bertz CT molecular complexity index is 274. The lowest BCUT2D eigenvalue weighted by molar-refractivity contribution is 1.01. The van der Waals surface area contributed by atoms with E-state index in [-0.39, 0.29) is 0 Å². The van der Waals surface area contributed by atoms with Crippen molar-refractivity contribution in [1.82, 2.24) is 0 Å². The molecule has 0 saturated heterocycles. The Kier molecular flexibility index (Phi) is 2.26. The Morgan fingerprint density at radius 2 is 2.08 bits per heavy atom. The molecule has 61 valence electrons. The minimum Gasteiger partial charge on any atom is -0.0836 e. The molecule has 0 bridgehead atoms. The first-order valence-electron chi connectivity index (χ1n) is 4.53. The third-order valence-electron chi connectivity index (χ3n) is 2.25. The zero-order valence-corrected chi connectivity index (χ0v) is 7.16. The fourth-order valence-corrected chi connectivity index (χ4v) is 1.58. The largest absolute Gasteiger partial charge is 0.0836 e. The average molecular weight is 157 g/mol. The predicted molar refractivity (Wildman–Crippen MR) is 52.6 cm³/mol. The molecule has 0 aromatic rings. The van der Waals surface area contributed by atoms with Crippen molar-refractivity contribution in [2.75, 3.05) is 0 Å². The summed E-state index contributed by atoms with van der Waals surface area (Å²) in [5, 5.41) is 0. The van der Waals surface area contributed by atoms with Crippen LogP contribution in [0.4, 0.5) is 0 Å². The topological polar surface area (TPSA) is 0 Å². The SMILES string of the molecule is [CH]1C=CC=C(C2=CCCC=C2)C1. The second-order valence-corrected chi connectivity index (χ2v) is 3.16.